The maximum Gasteiger partial charge on any atom is 0.0320 e. The van der Waals surface area contributed by atoms with Gasteiger partial charge in [-0.05, 0) is 12.5 Å². The van der Waals surface area contributed by atoms with Crippen LogP contribution in [0.5, 0.6) is 0 Å². The van der Waals surface area contributed by atoms with Crippen LogP contribution in [-0.4, -0.2) is 35.5 Å². The number of rotatable bonds is 3. The van der Waals surface area contributed by atoms with E-state index in [0.29, 0.717) is 11.3 Å². The van der Waals surface area contributed by atoms with E-state index in [4.69, 9.17) is 5.73 Å². The lowest BCUT2D eigenvalue weighted by atomic mass is 10.1. The minimum Gasteiger partial charge on any atom is -0.329 e. The third-order valence-electron chi connectivity index (χ3n) is 3.26. The van der Waals surface area contributed by atoms with Crippen LogP contribution in [0.15, 0.2) is 30.3 Å². The Balaban J connectivity index is 2.01. The third-order valence-corrected chi connectivity index (χ3v) is 4.49. The Morgan fingerprint density at radius 3 is 2.88 bits per heavy atom. The molecule has 0 bridgehead atoms. The molecule has 1 aromatic carbocycles. The highest BCUT2D eigenvalue weighted by Gasteiger charge is 2.23. The molecule has 1 saturated heterocycles. The molecule has 1 aromatic rings. The zero-order chi connectivity index (χ0) is 11.4. The van der Waals surface area contributed by atoms with Crippen molar-refractivity contribution in [3.05, 3.63) is 35.9 Å². The predicted molar refractivity (Wildman–Crippen MR) is 71.7 cm³/mol. The van der Waals surface area contributed by atoms with E-state index in [-0.39, 0.29) is 0 Å². The molecule has 0 aromatic heterocycles. The van der Waals surface area contributed by atoms with Crippen molar-refractivity contribution in [1.29, 1.82) is 0 Å². The van der Waals surface area contributed by atoms with Crippen LogP contribution in [0, 0.1) is 0 Å². The first-order valence-electron chi connectivity index (χ1n) is 5.92. The molecular weight excluding hydrogens is 216 g/mol. The zero-order valence-corrected chi connectivity index (χ0v) is 10.6. The van der Waals surface area contributed by atoms with Crippen molar-refractivity contribution in [2.75, 3.05) is 25.4 Å². The van der Waals surface area contributed by atoms with Crippen molar-refractivity contribution in [2.45, 2.75) is 18.2 Å². The summed E-state index contributed by atoms with van der Waals surface area (Å²) in [6, 6.07) is 11.2. The Kier molecular flexibility index (Phi) is 4.27. The monoisotopic (exact) mass is 236 g/mol. The van der Waals surface area contributed by atoms with E-state index in [2.05, 4.69) is 42.2 Å². The molecule has 0 saturated carbocycles. The zero-order valence-electron chi connectivity index (χ0n) is 9.80. The lowest BCUT2D eigenvalue weighted by Gasteiger charge is -2.36. The summed E-state index contributed by atoms with van der Waals surface area (Å²) < 4.78 is 0. The Bertz CT molecular complexity index is 315. The van der Waals surface area contributed by atoms with Crippen LogP contribution in [0.25, 0.3) is 0 Å². The number of hydrogen-bond acceptors (Lipinski definition) is 3. The van der Waals surface area contributed by atoms with Crippen molar-refractivity contribution < 1.29 is 0 Å². The first kappa shape index (κ1) is 12.0. The molecule has 1 heterocycles. The van der Waals surface area contributed by atoms with E-state index in [9.17, 15) is 0 Å². The Labute approximate surface area is 102 Å². The molecule has 0 aliphatic carbocycles. The fraction of sp³-hybridized carbons (Fsp3) is 0.538. The van der Waals surface area contributed by atoms with Gasteiger partial charge in [-0.3, -0.25) is 4.90 Å². The summed E-state index contributed by atoms with van der Waals surface area (Å²) in [6.45, 7) is 5.38. The summed E-state index contributed by atoms with van der Waals surface area (Å²) in [5.74, 6) is 1.21. The average molecular weight is 236 g/mol. The Morgan fingerprint density at radius 1 is 1.44 bits per heavy atom. The summed E-state index contributed by atoms with van der Waals surface area (Å²) in [5, 5.41) is 0.611. The van der Waals surface area contributed by atoms with E-state index in [1.165, 1.54) is 17.9 Å². The molecule has 16 heavy (non-hydrogen) atoms. The van der Waals surface area contributed by atoms with E-state index in [1.807, 2.05) is 11.8 Å². The minimum atomic E-state index is 0.510. The van der Waals surface area contributed by atoms with Gasteiger partial charge in [0.1, 0.15) is 0 Å². The van der Waals surface area contributed by atoms with Gasteiger partial charge in [-0.1, -0.05) is 30.3 Å². The summed E-state index contributed by atoms with van der Waals surface area (Å²) in [5.41, 5.74) is 7.16. The van der Waals surface area contributed by atoms with E-state index < -0.39 is 0 Å². The van der Waals surface area contributed by atoms with Crippen molar-refractivity contribution in [3.63, 3.8) is 0 Å². The number of nitrogens with zero attached hydrogens (tertiary/aromatic N) is 1. The van der Waals surface area contributed by atoms with Gasteiger partial charge in [0.25, 0.3) is 0 Å². The standard InChI is InChI=1S/C13H20N2S/c1-11(12-5-3-2-4-6-12)15-7-8-16-13(9-14)10-15/h2-6,11,13H,7-10,14H2,1H3. The van der Waals surface area contributed by atoms with Crippen molar-refractivity contribution in [3.8, 4) is 0 Å². The van der Waals surface area contributed by atoms with Crippen molar-refractivity contribution >= 4 is 11.8 Å². The van der Waals surface area contributed by atoms with E-state index >= 15 is 0 Å². The summed E-state index contributed by atoms with van der Waals surface area (Å²) in [4.78, 5) is 2.54. The maximum atomic E-state index is 5.76. The van der Waals surface area contributed by atoms with Gasteiger partial charge in [-0.25, -0.2) is 0 Å². The highest BCUT2D eigenvalue weighted by Crippen LogP contribution is 2.26. The van der Waals surface area contributed by atoms with Gasteiger partial charge in [0.2, 0.25) is 0 Å². The second kappa shape index (κ2) is 5.71. The number of benzene rings is 1. The van der Waals surface area contributed by atoms with Gasteiger partial charge >= 0.3 is 0 Å². The molecule has 2 nitrogen and oxygen atoms in total. The second-order valence-corrected chi connectivity index (χ2v) is 5.72. The van der Waals surface area contributed by atoms with Gasteiger partial charge in [0, 0.05) is 36.7 Å². The van der Waals surface area contributed by atoms with E-state index in [0.717, 1.165) is 13.1 Å². The fourth-order valence-corrected chi connectivity index (χ4v) is 3.29. The third kappa shape index (κ3) is 2.78. The van der Waals surface area contributed by atoms with Gasteiger partial charge in [-0.2, -0.15) is 11.8 Å². The van der Waals surface area contributed by atoms with E-state index in [1.54, 1.807) is 0 Å². The first-order chi connectivity index (χ1) is 7.81. The molecule has 0 radical (unpaired) electrons. The van der Waals surface area contributed by atoms with Gasteiger partial charge in [0.05, 0.1) is 0 Å². The van der Waals surface area contributed by atoms with Crippen LogP contribution in [0.1, 0.15) is 18.5 Å². The largest absolute Gasteiger partial charge is 0.329 e. The highest BCUT2D eigenvalue weighted by atomic mass is 32.2. The maximum absolute atomic E-state index is 5.76. The van der Waals surface area contributed by atoms with Crippen LogP contribution in [-0.2, 0) is 0 Å². The molecule has 2 rings (SSSR count). The lowest BCUT2D eigenvalue weighted by Crippen LogP contribution is -2.42. The lowest BCUT2D eigenvalue weighted by molar-refractivity contribution is 0.219. The highest BCUT2D eigenvalue weighted by molar-refractivity contribution is 8.00. The molecule has 2 atom stereocenters. The van der Waals surface area contributed by atoms with Crippen LogP contribution < -0.4 is 5.73 Å². The number of thioether (sulfide) groups is 1. The Hall–Kier alpha value is -0.510. The molecule has 88 valence electrons. The number of nitrogens with two attached hydrogens (primary N) is 1. The molecule has 1 aliphatic rings. The summed E-state index contributed by atoms with van der Waals surface area (Å²) in [7, 11) is 0. The minimum absolute atomic E-state index is 0.510. The SMILES string of the molecule is CC(c1ccccc1)N1CCSC(CN)C1. The summed E-state index contributed by atoms with van der Waals surface area (Å²) >= 11 is 2.01. The van der Waals surface area contributed by atoms with Gasteiger partial charge < -0.3 is 5.73 Å². The summed E-state index contributed by atoms with van der Waals surface area (Å²) in [6.07, 6.45) is 0. The first-order valence-corrected chi connectivity index (χ1v) is 6.97. The molecule has 3 heteroatoms. The average Bonchev–Trinajstić information content (AvgIpc) is 2.39. The van der Waals surface area contributed by atoms with Crippen LogP contribution in [0.4, 0.5) is 0 Å². The second-order valence-electron chi connectivity index (χ2n) is 4.31. The molecule has 2 unspecified atom stereocenters. The normalized spacial score (nSPS) is 24.2. The topological polar surface area (TPSA) is 29.3 Å². The smallest absolute Gasteiger partial charge is 0.0320 e. The van der Waals surface area contributed by atoms with Crippen molar-refractivity contribution in [2.24, 2.45) is 5.73 Å². The molecule has 0 spiro atoms. The van der Waals surface area contributed by atoms with Crippen LogP contribution in [0.3, 0.4) is 0 Å². The molecule has 1 fully saturated rings. The predicted octanol–water partition coefficient (Wildman–Crippen LogP) is 2.12. The van der Waals surface area contributed by atoms with Crippen LogP contribution >= 0.6 is 11.8 Å². The van der Waals surface area contributed by atoms with Gasteiger partial charge in [0.15, 0.2) is 0 Å². The molecular formula is C13H20N2S. The quantitative estimate of drug-likeness (QED) is 0.871. The van der Waals surface area contributed by atoms with Crippen LogP contribution in [0.2, 0.25) is 0 Å². The molecule has 2 N–H and O–H groups in total. The fourth-order valence-electron chi connectivity index (χ4n) is 2.18. The Morgan fingerprint density at radius 2 is 2.19 bits per heavy atom. The molecule has 0 amide bonds. The van der Waals surface area contributed by atoms with Crippen molar-refractivity contribution in [1.82, 2.24) is 4.90 Å². The number of hydrogen-bond donors (Lipinski definition) is 1. The molecule has 1 aliphatic heterocycles. The van der Waals surface area contributed by atoms with Gasteiger partial charge in [-0.15, -0.1) is 0 Å².